The lowest BCUT2D eigenvalue weighted by atomic mass is 9.96. The average Bonchev–Trinajstić information content (AvgIpc) is 3.00. The Balaban J connectivity index is 1.53. The van der Waals surface area contributed by atoms with E-state index in [1.807, 2.05) is 0 Å². The molecule has 24 heavy (non-hydrogen) atoms. The predicted molar refractivity (Wildman–Crippen MR) is 104 cm³/mol. The zero-order valence-corrected chi connectivity index (χ0v) is 14.7. The van der Waals surface area contributed by atoms with Gasteiger partial charge in [-0.3, -0.25) is 0 Å². The van der Waals surface area contributed by atoms with Gasteiger partial charge >= 0.3 is 0 Å². The molecular weight excluding hydrogens is 290 g/mol. The lowest BCUT2D eigenvalue weighted by Crippen LogP contribution is -2.20. The van der Waals surface area contributed by atoms with Gasteiger partial charge in [-0.2, -0.15) is 0 Å². The quantitative estimate of drug-likeness (QED) is 0.564. The first-order chi connectivity index (χ1) is 11.9. The first kappa shape index (κ1) is 15.7. The van der Waals surface area contributed by atoms with Crippen LogP contribution in [0.15, 0.2) is 42.5 Å². The van der Waals surface area contributed by atoms with E-state index in [9.17, 15) is 0 Å². The van der Waals surface area contributed by atoms with E-state index in [1.165, 1.54) is 85.7 Å². The number of rotatable bonds is 2. The maximum atomic E-state index is 3.93. The van der Waals surface area contributed by atoms with Gasteiger partial charge in [0.2, 0.25) is 0 Å². The molecule has 2 aromatic rings. The minimum absolute atomic E-state index is 0.651. The zero-order chi connectivity index (χ0) is 16.2. The second kappa shape index (κ2) is 7.42. The van der Waals surface area contributed by atoms with E-state index >= 15 is 0 Å². The maximum Gasteiger partial charge on any atom is 0.0384 e. The van der Waals surface area contributed by atoms with Gasteiger partial charge in [0.15, 0.2) is 0 Å². The van der Waals surface area contributed by atoms with Crippen LogP contribution >= 0.6 is 0 Å². The molecule has 0 bridgehead atoms. The number of hydrogen-bond donors (Lipinski definition) is 1. The molecule has 0 aromatic heterocycles. The van der Waals surface area contributed by atoms with Crippen molar-refractivity contribution in [2.45, 2.75) is 70.3 Å². The van der Waals surface area contributed by atoms with Crippen LogP contribution in [0.5, 0.6) is 0 Å². The van der Waals surface area contributed by atoms with Crippen molar-refractivity contribution in [1.29, 1.82) is 0 Å². The van der Waals surface area contributed by atoms with Crippen LogP contribution in [-0.2, 0) is 6.42 Å². The molecule has 1 saturated carbocycles. The topological polar surface area (TPSA) is 12.0 Å². The Hall–Kier alpha value is -1.76. The molecule has 1 nitrogen and oxygen atoms in total. The maximum absolute atomic E-state index is 3.93. The van der Waals surface area contributed by atoms with Gasteiger partial charge in [0.25, 0.3) is 0 Å². The minimum Gasteiger partial charge on any atom is -0.382 e. The lowest BCUT2D eigenvalue weighted by Gasteiger charge is -2.23. The van der Waals surface area contributed by atoms with E-state index in [-0.39, 0.29) is 0 Å². The number of fused-ring (bicyclic) bond motifs is 3. The Labute approximate surface area is 146 Å². The summed E-state index contributed by atoms with van der Waals surface area (Å²) in [5.74, 6) is 0. The third-order valence-electron chi connectivity index (χ3n) is 5.82. The van der Waals surface area contributed by atoms with Crippen LogP contribution in [-0.4, -0.2) is 6.04 Å². The largest absolute Gasteiger partial charge is 0.382 e. The van der Waals surface area contributed by atoms with Crippen LogP contribution in [0.1, 0.15) is 68.9 Å². The molecule has 1 fully saturated rings. The molecule has 4 rings (SSSR count). The van der Waals surface area contributed by atoms with E-state index < -0.39 is 0 Å². The van der Waals surface area contributed by atoms with Gasteiger partial charge in [0, 0.05) is 18.2 Å². The number of nitrogens with one attached hydrogen (secondary N) is 1. The van der Waals surface area contributed by atoms with Gasteiger partial charge in [-0.15, -0.1) is 0 Å². The summed E-state index contributed by atoms with van der Waals surface area (Å²) >= 11 is 0. The van der Waals surface area contributed by atoms with E-state index in [1.54, 1.807) is 0 Å². The Morgan fingerprint density at radius 2 is 1.33 bits per heavy atom. The molecule has 2 aliphatic rings. The van der Waals surface area contributed by atoms with Crippen molar-refractivity contribution in [2.24, 2.45) is 0 Å². The molecule has 0 atom stereocenters. The molecular formula is C23H29N. The summed E-state index contributed by atoms with van der Waals surface area (Å²) in [6.07, 6.45) is 13.6. The Kier molecular flexibility index (Phi) is 4.87. The van der Waals surface area contributed by atoms with Crippen LogP contribution in [0.25, 0.3) is 11.1 Å². The standard InChI is InChI=1S/C23H29N/c1-2-4-6-12-19(13-7-5-3-1)24-23-16-10-15-21-20-14-9-8-11-18(20)17-22(21)23/h8-11,14-16,19,24H,1-7,12-13,17H2. The highest BCUT2D eigenvalue weighted by molar-refractivity contribution is 5.82. The molecule has 2 aromatic carbocycles. The summed E-state index contributed by atoms with van der Waals surface area (Å²) in [7, 11) is 0. The normalized spacial score (nSPS) is 18.7. The first-order valence-electron chi connectivity index (χ1n) is 9.88. The number of benzene rings is 2. The summed E-state index contributed by atoms with van der Waals surface area (Å²) in [5, 5.41) is 3.93. The third kappa shape index (κ3) is 3.36. The summed E-state index contributed by atoms with van der Waals surface area (Å²) in [6.45, 7) is 0. The summed E-state index contributed by atoms with van der Waals surface area (Å²) in [6, 6.07) is 16.3. The molecule has 1 heteroatoms. The molecule has 0 amide bonds. The Morgan fingerprint density at radius 3 is 2.12 bits per heavy atom. The fraction of sp³-hybridized carbons (Fsp3) is 0.478. The highest BCUT2D eigenvalue weighted by Gasteiger charge is 2.21. The van der Waals surface area contributed by atoms with Gasteiger partial charge in [-0.1, -0.05) is 81.3 Å². The van der Waals surface area contributed by atoms with Crippen molar-refractivity contribution < 1.29 is 0 Å². The van der Waals surface area contributed by atoms with Crippen molar-refractivity contribution in [2.75, 3.05) is 5.32 Å². The summed E-state index contributed by atoms with van der Waals surface area (Å²) < 4.78 is 0. The van der Waals surface area contributed by atoms with E-state index in [4.69, 9.17) is 0 Å². The van der Waals surface area contributed by atoms with Crippen LogP contribution < -0.4 is 5.32 Å². The molecule has 0 aliphatic heterocycles. The molecule has 126 valence electrons. The molecule has 0 spiro atoms. The van der Waals surface area contributed by atoms with Crippen molar-refractivity contribution in [3.8, 4) is 11.1 Å². The average molecular weight is 319 g/mol. The van der Waals surface area contributed by atoms with Crippen molar-refractivity contribution in [1.82, 2.24) is 0 Å². The molecule has 0 radical (unpaired) electrons. The Bertz CT molecular complexity index is 678. The van der Waals surface area contributed by atoms with Crippen LogP contribution in [0.2, 0.25) is 0 Å². The monoisotopic (exact) mass is 319 g/mol. The smallest absolute Gasteiger partial charge is 0.0384 e. The van der Waals surface area contributed by atoms with Crippen molar-refractivity contribution >= 4 is 5.69 Å². The van der Waals surface area contributed by atoms with Crippen LogP contribution in [0.4, 0.5) is 5.69 Å². The third-order valence-corrected chi connectivity index (χ3v) is 5.82. The fourth-order valence-corrected chi connectivity index (χ4v) is 4.47. The van der Waals surface area contributed by atoms with Crippen LogP contribution in [0.3, 0.4) is 0 Å². The van der Waals surface area contributed by atoms with Gasteiger partial charge < -0.3 is 5.32 Å². The van der Waals surface area contributed by atoms with Crippen molar-refractivity contribution in [3.05, 3.63) is 53.6 Å². The SMILES string of the molecule is c1ccc2c(c1)Cc1c(NC3CCCCCCCCC3)cccc1-2. The predicted octanol–water partition coefficient (Wildman–Crippen LogP) is 6.56. The van der Waals surface area contributed by atoms with Gasteiger partial charge in [0.05, 0.1) is 0 Å². The lowest BCUT2D eigenvalue weighted by molar-refractivity contribution is 0.476. The second-order valence-corrected chi connectivity index (χ2v) is 7.56. The molecule has 0 heterocycles. The number of anilines is 1. The molecule has 1 N–H and O–H groups in total. The first-order valence-corrected chi connectivity index (χ1v) is 9.88. The minimum atomic E-state index is 0.651. The van der Waals surface area contributed by atoms with Gasteiger partial charge in [-0.05, 0) is 41.2 Å². The van der Waals surface area contributed by atoms with E-state index in [2.05, 4.69) is 47.8 Å². The molecule has 2 aliphatic carbocycles. The van der Waals surface area contributed by atoms with Gasteiger partial charge in [-0.25, -0.2) is 0 Å². The van der Waals surface area contributed by atoms with E-state index in [0.717, 1.165) is 6.42 Å². The summed E-state index contributed by atoms with van der Waals surface area (Å²) in [4.78, 5) is 0. The van der Waals surface area contributed by atoms with Crippen molar-refractivity contribution in [3.63, 3.8) is 0 Å². The molecule has 0 unspecified atom stereocenters. The summed E-state index contributed by atoms with van der Waals surface area (Å²) in [5.41, 5.74) is 7.24. The van der Waals surface area contributed by atoms with Crippen LogP contribution in [0, 0.1) is 0 Å². The highest BCUT2D eigenvalue weighted by Crippen LogP contribution is 2.40. The Morgan fingerprint density at radius 1 is 0.667 bits per heavy atom. The van der Waals surface area contributed by atoms with E-state index in [0.29, 0.717) is 6.04 Å². The van der Waals surface area contributed by atoms with Gasteiger partial charge in [0.1, 0.15) is 0 Å². The fourth-order valence-electron chi connectivity index (χ4n) is 4.47. The highest BCUT2D eigenvalue weighted by atomic mass is 14.9. The number of hydrogen-bond acceptors (Lipinski definition) is 1. The molecule has 0 saturated heterocycles. The zero-order valence-electron chi connectivity index (χ0n) is 14.7. The second-order valence-electron chi connectivity index (χ2n) is 7.56.